The lowest BCUT2D eigenvalue weighted by atomic mass is 9.90. The van der Waals surface area contributed by atoms with E-state index in [0.717, 1.165) is 12.8 Å². The predicted molar refractivity (Wildman–Crippen MR) is 82.1 cm³/mol. The van der Waals surface area contributed by atoms with Crippen LogP contribution in [0.4, 0.5) is 5.69 Å². The highest BCUT2D eigenvalue weighted by molar-refractivity contribution is 5.71. The average molecular weight is 252 g/mol. The second-order valence-corrected chi connectivity index (χ2v) is 5.19. The van der Waals surface area contributed by atoms with E-state index in [-0.39, 0.29) is 0 Å². The van der Waals surface area contributed by atoms with Crippen LogP contribution in [-0.4, -0.2) is 20.1 Å². The van der Waals surface area contributed by atoms with E-state index in [1.807, 2.05) is 7.05 Å². The molecule has 1 aliphatic carbocycles. The first-order chi connectivity index (χ1) is 9.29. The van der Waals surface area contributed by atoms with Crippen LogP contribution in [0, 0.1) is 0 Å². The Hall–Kier alpha value is -1.96. The van der Waals surface area contributed by atoms with Gasteiger partial charge in [-0.05, 0) is 29.7 Å². The highest BCUT2D eigenvalue weighted by Crippen LogP contribution is 2.33. The summed E-state index contributed by atoms with van der Waals surface area (Å²) in [5, 5.41) is 3.34. The average Bonchev–Trinajstić information content (AvgIpc) is 2.45. The van der Waals surface area contributed by atoms with Gasteiger partial charge in [-0.2, -0.15) is 0 Å². The largest absolute Gasteiger partial charge is 0.391 e. The summed E-state index contributed by atoms with van der Waals surface area (Å²) in [6.45, 7) is 0. The monoisotopic (exact) mass is 252 g/mol. The zero-order valence-corrected chi connectivity index (χ0v) is 11.6. The van der Waals surface area contributed by atoms with Crippen LogP contribution in [0.3, 0.4) is 0 Å². The quantitative estimate of drug-likeness (QED) is 0.824. The number of rotatable bonds is 1. The molecule has 0 aromatic heterocycles. The second-order valence-electron chi connectivity index (χ2n) is 5.19. The molecule has 3 rings (SSSR count). The van der Waals surface area contributed by atoms with Gasteiger partial charge < -0.3 is 10.2 Å². The van der Waals surface area contributed by atoms with Crippen LogP contribution in [0.1, 0.15) is 18.4 Å². The van der Waals surface area contributed by atoms with Gasteiger partial charge in [0, 0.05) is 31.9 Å². The summed E-state index contributed by atoms with van der Waals surface area (Å²) < 4.78 is 0. The molecule has 2 aliphatic rings. The van der Waals surface area contributed by atoms with Crippen LogP contribution < -0.4 is 10.2 Å². The predicted octanol–water partition coefficient (Wildman–Crippen LogP) is 3.34. The fraction of sp³-hybridized carbons (Fsp3) is 0.294. The molecule has 0 saturated carbocycles. The third kappa shape index (κ3) is 2.19. The molecule has 0 radical (unpaired) electrons. The van der Waals surface area contributed by atoms with Crippen LogP contribution in [0.2, 0.25) is 0 Å². The molecule has 0 saturated heterocycles. The Labute approximate surface area is 115 Å². The summed E-state index contributed by atoms with van der Waals surface area (Å²) in [6.07, 6.45) is 11.1. The molecule has 1 aliphatic heterocycles. The van der Waals surface area contributed by atoms with E-state index in [1.54, 1.807) is 0 Å². The first-order valence-corrected chi connectivity index (χ1v) is 6.85. The van der Waals surface area contributed by atoms with Gasteiger partial charge in [-0.15, -0.1) is 0 Å². The summed E-state index contributed by atoms with van der Waals surface area (Å²) in [7, 11) is 4.21. The molecule has 1 unspecified atom stereocenters. The molecular formula is C17H20N2. The fourth-order valence-corrected chi connectivity index (χ4v) is 2.96. The highest BCUT2D eigenvalue weighted by atomic mass is 15.1. The van der Waals surface area contributed by atoms with Gasteiger partial charge in [0.2, 0.25) is 0 Å². The fourth-order valence-electron chi connectivity index (χ4n) is 2.96. The molecule has 1 atom stereocenters. The lowest BCUT2D eigenvalue weighted by Gasteiger charge is -2.36. The Bertz CT molecular complexity index is 566. The van der Waals surface area contributed by atoms with Crippen LogP contribution in [0.25, 0.3) is 6.08 Å². The smallest absolute Gasteiger partial charge is 0.0540 e. The van der Waals surface area contributed by atoms with Crippen molar-refractivity contribution in [2.75, 3.05) is 19.0 Å². The molecule has 0 fully saturated rings. The van der Waals surface area contributed by atoms with Crippen LogP contribution >= 0.6 is 0 Å². The molecule has 1 heterocycles. The molecule has 1 aromatic carbocycles. The minimum atomic E-state index is 0.475. The Morgan fingerprint density at radius 2 is 2.11 bits per heavy atom. The van der Waals surface area contributed by atoms with Gasteiger partial charge in [-0.1, -0.05) is 36.4 Å². The minimum absolute atomic E-state index is 0.475. The summed E-state index contributed by atoms with van der Waals surface area (Å²) in [6, 6.07) is 9.10. The molecule has 19 heavy (non-hydrogen) atoms. The Balaban J connectivity index is 2.13. The number of nitrogens with zero attached hydrogens (tertiary/aromatic N) is 1. The van der Waals surface area contributed by atoms with Crippen molar-refractivity contribution in [2.24, 2.45) is 0 Å². The third-order valence-corrected chi connectivity index (χ3v) is 4.06. The van der Waals surface area contributed by atoms with Crippen molar-refractivity contribution in [3.05, 3.63) is 59.3 Å². The zero-order valence-electron chi connectivity index (χ0n) is 11.6. The molecule has 2 nitrogen and oxygen atoms in total. The number of hydrogen-bond acceptors (Lipinski definition) is 2. The number of para-hydroxylation sites is 1. The molecular weight excluding hydrogens is 232 g/mol. The number of hydrogen-bond donors (Lipinski definition) is 1. The van der Waals surface area contributed by atoms with E-state index in [9.17, 15) is 0 Å². The van der Waals surface area contributed by atoms with E-state index in [2.05, 4.69) is 65.8 Å². The Morgan fingerprint density at radius 1 is 1.26 bits per heavy atom. The number of benzene rings is 1. The number of allylic oxidation sites excluding steroid dienone is 3. The van der Waals surface area contributed by atoms with Crippen molar-refractivity contribution >= 4 is 11.8 Å². The summed E-state index contributed by atoms with van der Waals surface area (Å²) in [4.78, 5) is 2.41. The van der Waals surface area contributed by atoms with E-state index >= 15 is 0 Å². The normalized spacial score (nSPS) is 24.3. The minimum Gasteiger partial charge on any atom is -0.391 e. The van der Waals surface area contributed by atoms with E-state index in [1.165, 1.54) is 22.5 Å². The van der Waals surface area contributed by atoms with Gasteiger partial charge in [0.15, 0.2) is 0 Å². The first-order valence-electron chi connectivity index (χ1n) is 6.85. The van der Waals surface area contributed by atoms with Gasteiger partial charge in [0.05, 0.1) is 6.04 Å². The van der Waals surface area contributed by atoms with Gasteiger partial charge in [-0.25, -0.2) is 0 Å². The highest BCUT2D eigenvalue weighted by Gasteiger charge is 2.24. The lowest BCUT2D eigenvalue weighted by molar-refractivity contribution is 0.683. The summed E-state index contributed by atoms with van der Waals surface area (Å²) in [5.41, 5.74) is 5.37. The van der Waals surface area contributed by atoms with Crippen LogP contribution in [0.15, 0.2) is 53.8 Å². The van der Waals surface area contributed by atoms with Gasteiger partial charge in [0.25, 0.3) is 0 Å². The SMILES string of the molecule is CN/C1=C/c2ccccc2N(C)C2CC=CC=C2C1. The number of fused-ring (bicyclic) bond motifs is 2. The van der Waals surface area contributed by atoms with Gasteiger partial charge >= 0.3 is 0 Å². The maximum absolute atomic E-state index is 3.34. The maximum atomic E-state index is 3.34. The van der Waals surface area contributed by atoms with Crippen molar-refractivity contribution in [1.29, 1.82) is 0 Å². The zero-order chi connectivity index (χ0) is 13.2. The molecule has 1 N–H and O–H groups in total. The van der Waals surface area contributed by atoms with E-state index in [0.29, 0.717) is 6.04 Å². The molecule has 2 heteroatoms. The number of nitrogens with one attached hydrogen (secondary N) is 1. The van der Waals surface area contributed by atoms with Crippen molar-refractivity contribution in [1.82, 2.24) is 5.32 Å². The van der Waals surface area contributed by atoms with Crippen molar-refractivity contribution in [3.63, 3.8) is 0 Å². The van der Waals surface area contributed by atoms with Crippen molar-refractivity contribution < 1.29 is 0 Å². The van der Waals surface area contributed by atoms with Crippen LogP contribution in [-0.2, 0) is 0 Å². The standard InChI is InChI=1S/C17H20N2/c1-18-15-11-13-7-3-5-9-16(13)19(2)17-10-6-4-8-14(17)12-15/h3-9,11,17-18H,10,12H2,1-2H3/b15-11+. The first kappa shape index (κ1) is 12.1. The molecule has 98 valence electrons. The summed E-state index contributed by atoms with van der Waals surface area (Å²) >= 11 is 0. The lowest BCUT2D eigenvalue weighted by Crippen LogP contribution is -2.35. The Kier molecular flexibility index (Phi) is 3.16. The van der Waals surface area contributed by atoms with Gasteiger partial charge in [0.1, 0.15) is 0 Å². The maximum Gasteiger partial charge on any atom is 0.0540 e. The Morgan fingerprint density at radius 3 is 2.95 bits per heavy atom. The van der Waals surface area contributed by atoms with E-state index < -0.39 is 0 Å². The van der Waals surface area contributed by atoms with Gasteiger partial charge in [-0.3, -0.25) is 0 Å². The second kappa shape index (κ2) is 4.96. The third-order valence-electron chi connectivity index (χ3n) is 4.06. The van der Waals surface area contributed by atoms with Crippen LogP contribution in [0.5, 0.6) is 0 Å². The number of anilines is 1. The van der Waals surface area contributed by atoms with Crippen molar-refractivity contribution in [3.8, 4) is 0 Å². The number of likely N-dealkylation sites (N-methyl/N-ethyl adjacent to an activating group) is 1. The summed E-state index contributed by atoms with van der Waals surface area (Å²) in [5.74, 6) is 0. The molecule has 0 spiro atoms. The molecule has 1 aromatic rings. The molecule has 0 bridgehead atoms. The topological polar surface area (TPSA) is 15.3 Å². The molecule has 0 amide bonds. The van der Waals surface area contributed by atoms with E-state index in [4.69, 9.17) is 0 Å². The van der Waals surface area contributed by atoms with Crippen molar-refractivity contribution in [2.45, 2.75) is 18.9 Å².